The van der Waals surface area contributed by atoms with Crippen LogP contribution in [0.1, 0.15) is 28.3 Å². The van der Waals surface area contributed by atoms with Gasteiger partial charge >= 0.3 is 0 Å². The summed E-state index contributed by atoms with van der Waals surface area (Å²) in [5.74, 6) is 2.09. The highest BCUT2D eigenvalue weighted by atomic mass is 16.5. The smallest absolute Gasteiger partial charge is 0.232 e. The number of ether oxygens (including phenoxy) is 3. The molecule has 1 aliphatic heterocycles. The van der Waals surface area contributed by atoms with Gasteiger partial charge in [-0.1, -0.05) is 30.3 Å². The highest BCUT2D eigenvalue weighted by Crippen LogP contribution is 2.44. The monoisotopic (exact) mass is 403 g/mol. The number of anilines is 1. The number of rotatable bonds is 5. The molecular weight excluding hydrogens is 378 g/mol. The van der Waals surface area contributed by atoms with Gasteiger partial charge in [0, 0.05) is 5.69 Å². The maximum atomic E-state index is 13.4. The van der Waals surface area contributed by atoms with Crippen LogP contribution in [0.4, 0.5) is 5.69 Å². The Labute approximate surface area is 176 Å². The third-order valence-corrected chi connectivity index (χ3v) is 5.62. The Hall–Kier alpha value is -3.47. The molecule has 154 valence electrons. The third-order valence-electron chi connectivity index (χ3n) is 5.62. The molecule has 1 amide bonds. The summed E-state index contributed by atoms with van der Waals surface area (Å²) in [6.45, 7) is 2.03. The van der Waals surface area contributed by atoms with Crippen LogP contribution in [-0.4, -0.2) is 27.2 Å². The van der Waals surface area contributed by atoms with Gasteiger partial charge in [-0.25, -0.2) is 0 Å². The second-order valence-corrected chi connectivity index (χ2v) is 7.31. The van der Waals surface area contributed by atoms with Crippen molar-refractivity contribution in [2.24, 2.45) is 0 Å². The lowest BCUT2D eigenvalue weighted by Gasteiger charge is -2.38. The molecule has 5 heteroatoms. The van der Waals surface area contributed by atoms with Gasteiger partial charge in [0.15, 0.2) is 11.5 Å². The number of hydrogen-bond donors (Lipinski definition) is 0. The standard InChI is InChI=1S/C25H25NO4/c1-16-7-5-6-8-21(16)26-24(27)14-18-13-22(29-3)23(30-4)15-20(18)25(26)17-9-11-19(28-2)12-10-17/h5-13,15,25H,14H2,1-4H3/t25-/m1/s1. The minimum Gasteiger partial charge on any atom is -0.497 e. The van der Waals surface area contributed by atoms with Gasteiger partial charge in [0.2, 0.25) is 5.91 Å². The van der Waals surface area contributed by atoms with E-state index in [9.17, 15) is 4.79 Å². The lowest BCUT2D eigenvalue weighted by molar-refractivity contribution is -0.118. The van der Waals surface area contributed by atoms with E-state index in [1.165, 1.54) is 0 Å². The van der Waals surface area contributed by atoms with Crippen LogP contribution in [0.3, 0.4) is 0 Å². The Morgan fingerprint density at radius 3 is 2.17 bits per heavy atom. The number of carbonyl (C=O) groups is 1. The number of hydrogen-bond acceptors (Lipinski definition) is 4. The van der Waals surface area contributed by atoms with Crippen molar-refractivity contribution in [2.45, 2.75) is 19.4 Å². The van der Waals surface area contributed by atoms with Gasteiger partial charge in [0.05, 0.1) is 33.8 Å². The zero-order valence-corrected chi connectivity index (χ0v) is 17.6. The van der Waals surface area contributed by atoms with Crippen molar-refractivity contribution in [2.75, 3.05) is 26.2 Å². The van der Waals surface area contributed by atoms with E-state index < -0.39 is 0 Å². The average Bonchev–Trinajstić information content (AvgIpc) is 2.78. The minimum absolute atomic E-state index is 0.0461. The number of amides is 1. The quantitative estimate of drug-likeness (QED) is 0.620. The molecule has 0 spiro atoms. The van der Waals surface area contributed by atoms with Crippen LogP contribution >= 0.6 is 0 Å². The van der Waals surface area contributed by atoms with Crippen LogP contribution in [0.5, 0.6) is 17.2 Å². The van der Waals surface area contributed by atoms with E-state index in [4.69, 9.17) is 14.2 Å². The zero-order chi connectivity index (χ0) is 21.3. The molecule has 0 saturated carbocycles. The Bertz CT molecular complexity index is 1080. The maximum absolute atomic E-state index is 13.4. The summed E-state index contributed by atoms with van der Waals surface area (Å²) in [4.78, 5) is 15.3. The molecule has 0 N–H and O–H groups in total. The molecule has 3 aromatic rings. The Kier molecular flexibility index (Phi) is 5.36. The van der Waals surface area contributed by atoms with E-state index in [1.54, 1.807) is 21.3 Å². The Balaban J connectivity index is 1.95. The fourth-order valence-corrected chi connectivity index (χ4v) is 4.10. The van der Waals surface area contributed by atoms with Crippen LogP contribution in [0.2, 0.25) is 0 Å². The normalized spacial score (nSPS) is 15.5. The molecule has 4 rings (SSSR count). The summed E-state index contributed by atoms with van der Waals surface area (Å²) in [5, 5.41) is 0. The molecule has 0 aliphatic carbocycles. The first-order chi connectivity index (χ1) is 14.6. The molecule has 0 fully saturated rings. The van der Waals surface area contributed by atoms with Crippen molar-refractivity contribution in [3.8, 4) is 17.2 Å². The van der Waals surface area contributed by atoms with Gasteiger partial charge in [-0.15, -0.1) is 0 Å². The number of fused-ring (bicyclic) bond motifs is 1. The molecule has 0 saturated heterocycles. The molecule has 0 aromatic heterocycles. The van der Waals surface area contributed by atoms with Crippen molar-refractivity contribution < 1.29 is 19.0 Å². The van der Waals surface area contributed by atoms with Crippen molar-refractivity contribution in [3.05, 3.63) is 82.9 Å². The first kappa shape index (κ1) is 19.8. The molecule has 0 radical (unpaired) electrons. The summed E-state index contributed by atoms with van der Waals surface area (Å²) >= 11 is 0. The summed E-state index contributed by atoms with van der Waals surface area (Å²) < 4.78 is 16.4. The van der Waals surface area contributed by atoms with Gasteiger partial charge in [-0.05, 0) is 59.5 Å². The Morgan fingerprint density at radius 1 is 0.867 bits per heavy atom. The number of nitrogens with zero attached hydrogens (tertiary/aromatic N) is 1. The highest BCUT2D eigenvalue weighted by Gasteiger charge is 2.36. The van der Waals surface area contributed by atoms with Crippen LogP contribution in [-0.2, 0) is 11.2 Å². The first-order valence-corrected chi connectivity index (χ1v) is 9.83. The van der Waals surface area contributed by atoms with Gasteiger partial charge in [-0.2, -0.15) is 0 Å². The second kappa shape index (κ2) is 8.11. The van der Waals surface area contributed by atoms with Crippen LogP contribution in [0, 0.1) is 6.92 Å². The van der Waals surface area contributed by atoms with E-state index >= 15 is 0 Å². The highest BCUT2D eigenvalue weighted by molar-refractivity contribution is 5.99. The van der Waals surface area contributed by atoms with E-state index in [0.717, 1.165) is 33.7 Å². The lowest BCUT2D eigenvalue weighted by Crippen LogP contribution is -2.41. The first-order valence-electron chi connectivity index (χ1n) is 9.83. The fraction of sp³-hybridized carbons (Fsp3) is 0.240. The number of carbonyl (C=O) groups excluding carboxylic acids is 1. The van der Waals surface area contributed by atoms with E-state index in [-0.39, 0.29) is 11.9 Å². The third kappa shape index (κ3) is 3.36. The largest absolute Gasteiger partial charge is 0.497 e. The van der Waals surface area contributed by atoms with Crippen molar-refractivity contribution in [1.29, 1.82) is 0 Å². The molecule has 3 aromatic carbocycles. The van der Waals surface area contributed by atoms with Crippen LogP contribution in [0.15, 0.2) is 60.7 Å². The van der Waals surface area contributed by atoms with Gasteiger partial charge in [0.25, 0.3) is 0 Å². The van der Waals surface area contributed by atoms with Crippen LogP contribution < -0.4 is 19.1 Å². The number of para-hydroxylation sites is 1. The van der Waals surface area contributed by atoms with Gasteiger partial charge in [-0.3, -0.25) is 4.79 Å². The van der Waals surface area contributed by atoms with E-state index in [0.29, 0.717) is 17.9 Å². The average molecular weight is 403 g/mol. The molecule has 1 aliphatic rings. The number of benzene rings is 3. The second-order valence-electron chi connectivity index (χ2n) is 7.31. The molecular formula is C25H25NO4. The summed E-state index contributed by atoms with van der Waals surface area (Å²) in [6, 6.07) is 19.4. The SMILES string of the molecule is COc1ccc([C@@H]2c3cc(OC)c(OC)cc3CC(=O)N2c2ccccc2C)cc1. The van der Waals surface area contributed by atoms with Gasteiger partial charge < -0.3 is 19.1 Å². The van der Waals surface area contributed by atoms with E-state index in [2.05, 4.69) is 0 Å². The summed E-state index contributed by atoms with van der Waals surface area (Å²) in [5.41, 5.74) is 4.93. The van der Waals surface area contributed by atoms with Crippen molar-refractivity contribution >= 4 is 11.6 Å². The van der Waals surface area contributed by atoms with Gasteiger partial charge in [0.1, 0.15) is 5.75 Å². The summed E-state index contributed by atoms with van der Waals surface area (Å²) in [7, 11) is 4.88. The van der Waals surface area contributed by atoms with Crippen molar-refractivity contribution in [3.63, 3.8) is 0 Å². The van der Waals surface area contributed by atoms with Crippen molar-refractivity contribution in [1.82, 2.24) is 0 Å². The minimum atomic E-state index is -0.284. The number of aryl methyl sites for hydroxylation is 1. The maximum Gasteiger partial charge on any atom is 0.232 e. The molecule has 30 heavy (non-hydrogen) atoms. The molecule has 0 unspecified atom stereocenters. The molecule has 0 bridgehead atoms. The Morgan fingerprint density at radius 2 is 1.53 bits per heavy atom. The number of methoxy groups -OCH3 is 3. The zero-order valence-electron chi connectivity index (χ0n) is 17.6. The molecule has 1 atom stereocenters. The van der Waals surface area contributed by atoms with Crippen LogP contribution in [0.25, 0.3) is 0 Å². The lowest BCUT2D eigenvalue weighted by atomic mass is 9.86. The predicted octanol–water partition coefficient (Wildman–Crippen LogP) is 4.70. The topological polar surface area (TPSA) is 48.0 Å². The molecule has 5 nitrogen and oxygen atoms in total. The molecule has 1 heterocycles. The predicted molar refractivity (Wildman–Crippen MR) is 117 cm³/mol. The van der Waals surface area contributed by atoms with E-state index in [1.807, 2.05) is 72.5 Å². The summed E-state index contributed by atoms with van der Waals surface area (Å²) in [6.07, 6.45) is 0.302. The fourth-order valence-electron chi connectivity index (χ4n) is 4.10.